The number of aromatic nitrogens is 3. The molecular formula is C34H39Cl2FN6O4. The number of benzene rings is 2. The molecule has 1 atom stereocenters. The van der Waals surface area contributed by atoms with Crippen LogP contribution in [0.1, 0.15) is 96.6 Å². The summed E-state index contributed by atoms with van der Waals surface area (Å²) in [5.74, 6) is -0.286. The van der Waals surface area contributed by atoms with Crippen LogP contribution < -0.4 is 0 Å². The highest BCUT2D eigenvalue weighted by Gasteiger charge is 2.50. The number of ether oxygens (including phenoxy) is 1. The molecule has 13 heteroatoms. The van der Waals surface area contributed by atoms with Crippen molar-refractivity contribution in [2.45, 2.75) is 76.7 Å². The highest BCUT2D eigenvalue weighted by molar-refractivity contribution is 6.35. The Bertz CT molecular complexity index is 1690. The summed E-state index contributed by atoms with van der Waals surface area (Å²) < 4.78 is 22.5. The van der Waals surface area contributed by atoms with Crippen molar-refractivity contribution < 1.29 is 23.5 Å². The topological polar surface area (TPSA) is 101 Å². The Hall–Kier alpha value is -3.70. The van der Waals surface area contributed by atoms with Gasteiger partial charge in [-0.3, -0.25) is 9.59 Å². The minimum absolute atomic E-state index is 0.0474. The van der Waals surface area contributed by atoms with E-state index < -0.39 is 17.4 Å². The van der Waals surface area contributed by atoms with E-state index in [2.05, 4.69) is 10.3 Å². The summed E-state index contributed by atoms with van der Waals surface area (Å²) in [5.41, 5.74) is 0.657. The first kappa shape index (κ1) is 33.2. The van der Waals surface area contributed by atoms with Crippen LogP contribution in [0.25, 0.3) is 0 Å². The molecule has 4 heterocycles. The number of alkyl halides is 1. The number of nitrogens with zero attached hydrogens (tertiary/aromatic N) is 6. The highest BCUT2D eigenvalue weighted by atomic mass is 35.5. The fourth-order valence-corrected chi connectivity index (χ4v) is 7.33. The lowest BCUT2D eigenvalue weighted by Crippen LogP contribution is -2.59. The maximum atomic E-state index is 15.5. The summed E-state index contributed by atoms with van der Waals surface area (Å²) in [6.45, 7) is 8.53. The highest BCUT2D eigenvalue weighted by Crippen LogP contribution is 2.39. The van der Waals surface area contributed by atoms with Gasteiger partial charge in [-0.1, -0.05) is 41.4 Å². The Morgan fingerprint density at radius 2 is 1.68 bits per heavy atom. The fourth-order valence-electron chi connectivity index (χ4n) is 6.73. The van der Waals surface area contributed by atoms with Gasteiger partial charge >= 0.3 is 6.09 Å². The molecule has 0 radical (unpaired) electrons. The Morgan fingerprint density at radius 3 is 2.34 bits per heavy atom. The number of piperidine rings is 1. The number of likely N-dealkylation sites (tertiary alicyclic amines) is 2. The molecule has 1 aromatic heterocycles. The van der Waals surface area contributed by atoms with E-state index >= 15 is 4.39 Å². The minimum Gasteiger partial charge on any atom is -0.444 e. The molecule has 250 valence electrons. The number of amides is 3. The van der Waals surface area contributed by atoms with Crippen molar-refractivity contribution in [2.24, 2.45) is 0 Å². The lowest BCUT2D eigenvalue weighted by molar-refractivity contribution is -0.0557. The summed E-state index contributed by atoms with van der Waals surface area (Å²) in [6, 6.07) is 10.3. The molecule has 1 unspecified atom stereocenters. The smallest absolute Gasteiger partial charge is 0.410 e. The van der Waals surface area contributed by atoms with Crippen LogP contribution in [0.5, 0.6) is 0 Å². The molecule has 0 aliphatic carbocycles. The molecule has 0 N–H and O–H groups in total. The van der Waals surface area contributed by atoms with Crippen LogP contribution in [0.3, 0.4) is 0 Å². The summed E-state index contributed by atoms with van der Waals surface area (Å²) in [7, 11) is 0. The molecule has 6 rings (SSSR count). The first-order valence-electron chi connectivity index (χ1n) is 16.0. The molecule has 47 heavy (non-hydrogen) atoms. The lowest BCUT2D eigenvalue weighted by Gasteiger charge is -2.43. The fraction of sp³-hybridized carbons (Fsp3) is 0.500. The average molecular weight is 686 g/mol. The number of hydrogen-bond donors (Lipinski definition) is 0. The van der Waals surface area contributed by atoms with E-state index in [-0.39, 0.29) is 42.7 Å². The number of carbonyl (C=O) groups is 3. The van der Waals surface area contributed by atoms with Crippen molar-refractivity contribution in [3.63, 3.8) is 0 Å². The van der Waals surface area contributed by atoms with Gasteiger partial charge in [0.2, 0.25) is 0 Å². The van der Waals surface area contributed by atoms with E-state index in [1.807, 2.05) is 17.9 Å². The third-order valence-electron chi connectivity index (χ3n) is 9.17. The van der Waals surface area contributed by atoms with Crippen LogP contribution in [0, 0.1) is 0 Å². The molecule has 2 aromatic carbocycles. The summed E-state index contributed by atoms with van der Waals surface area (Å²) >= 11 is 12.8. The normalized spacial score (nSPS) is 19.6. The van der Waals surface area contributed by atoms with Gasteiger partial charge < -0.3 is 19.4 Å². The number of hydrogen-bond acceptors (Lipinski definition) is 6. The minimum atomic E-state index is -1.77. The quantitative estimate of drug-likeness (QED) is 0.299. The second-order valence-electron chi connectivity index (χ2n) is 13.6. The van der Waals surface area contributed by atoms with Crippen molar-refractivity contribution in [1.29, 1.82) is 0 Å². The number of fused-ring (bicyclic) bond motifs is 1. The molecule has 2 fully saturated rings. The summed E-state index contributed by atoms with van der Waals surface area (Å²) in [6.07, 6.45) is 3.62. The lowest BCUT2D eigenvalue weighted by atomic mass is 9.90. The van der Waals surface area contributed by atoms with Crippen molar-refractivity contribution in [2.75, 3.05) is 32.7 Å². The zero-order valence-electron chi connectivity index (χ0n) is 27.0. The summed E-state index contributed by atoms with van der Waals surface area (Å²) in [5, 5.41) is 9.43. The predicted octanol–water partition coefficient (Wildman–Crippen LogP) is 6.63. The molecule has 3 aromatic rings. The van der Waals surface area contributed by atoms with Gasteiger partial charge in [-0.2, -0.15) is 0 Å². The van der Waals surface area contributed by atoms with Crippen LogP contribution >= 0.6 is 23.2 Å². The van der Waals surface area contributed by atoms with Gasteiger partial charge in [0.1, 0.15) is 11.3 Å². The van der Waals surface area contributed by atoms with E-state index in [1.54, 1.807) is 66.9 Å². The molecule has 0 bridgehead atoms. The molecular weight excluding hydrogens is 646 g/mol. The van der Waals surface area contributed by atoms with Crippen LogP contribution in [0.15, 0.2) is 42.6 Å². The van der Waals surface area contributed by atoms with Crippen LogP contribution in [0.4, 0.5) is 9.18 Å². The standard InChI is InChI=1S/C34H39Cl2FN6O4/c1-5-28-26-16-23(35)17-27(36)25(26)11-14-42(28)31(45)22-8-6-7-21(15-22)30(44)40-12-9-24(10-13-40)43-18-29(38-39-43)34(37)19-41(20-34)32(46)47-33(2,3)4/h6-8,15-18,24,28H,5,9-14,19-20H2,1-4H3. The molecule has 2 saturated heterocycles. The molecule has 10 nitrogen and oxygen atoms in total. The van der Waals surface area contributed by atoms with E-state index in [0.29, 0.717) is 66.5 Å². The van der Waals surface area contributed by atoms with Gasteiger partial charge in [-0.15, -0.1) is 5.10 Å². The van der Waals surface area contributed by atoms with Gasteiger partial charge in [0.05, 0.1) is 31.4 Å². The number of carbonyl (C=O) groups excluding carboxylic acids is 3. The maximum absolute atomic E-state index is 15.5. The third-order valence-corrected chi connectivity index (χ3v) is 9.72. The molecule has 3 aliphatic heterocycles. The van der Waals surface area contributed by atoms with Gasteiger partial charge in [0, 0.05) is 40.8 Å². The van der Waals surface area contributed by atoms with Gasteiger partial charge in [0.25, 0.3) is 11.8 Å². The maximum Gasteiger partial charge on any atom is 0.410 e. The van der Waals surface area contributed by atoms with E-state index in [1.165, 1.54) is 4.90 Å². The number of halogens is 3. The van der Waals surface area contributed by atoms with Gasteiger partial charge in [-0.25, -0.2) is 13.9 Å². The van der Waals surface area contributed by atoms with Crippen molar-refractivity contribution in [3.05, 3.63) is 80.6 Å². The van der Waals surface area contributed by atoms with Crippen LogP contribution in [0.2, 0.25) is 10.0 Å². The average Bonchev–Trinajstić information content (AvgIpc) is 3.52. The van der Waals surface area contributed by atoms with Gasteiger partial charge in [0.15, 0.2) is 5.67 Å². The van der Waals surface area contributed by atoms with Gasteiger partial charge in [-0.05, 0) is 87.9 Å². The third kappa shape index (κ3) is 6.69. The Morgan fingerprint density at radius 1 is 1.00 bits per heavy atom. The molecule has 0 saturated carbocycles. The second kappa shape index (κ2) is 12.7. The number of rotatable bonds is 5. The first-order valence-corrected chi connectivity index (χ1v) is 16.8. The zero-order chi connectivity index (χ0) is 33.7. The van der Waals surface area contributed by atoms with Crippen molar-refractivity contribution in [1.82, 2.24) is 29.7 Å². The van der Waals surface area contributed by atoms with Crippen LogP contribution in [-0.2, 0) is 16.8 Å². The molecule has 0 spiro atoms. The monoisotopic (exact) mass is 684 g/mol. The van der Waals surface area contributed by atoms with Crippen LogP contribution in [-0.4, -0.2) is 85.9 Å². The Kier molecular flexibility index (Phi) is 8.99. The van der Waals surface area contributed by atoms with Crippen molar-refractivity contribution >= 4 is 41.1 Å². The van der Waals surface area contributed by atoms with E-state index in [9.17, 15) is 14.4 Å². The first-order chi connectivity index (χ1) is 22.3. The largest absolute Gasteiger partial charge is 0.444 e. The van der Waals surface area contributed by atoms with E-state index in [0.717, 1.165) is 11.1 Å². The molecule has 3 aliphatic rings. The predicted molar refractivity (Wildman–Crippen MR) is 175 cm³/mol. The zero-order valence-corrected chi connectivity index (χ0v) is 28.5. The SMILES string of the molecule is CCC1c2cc(Cl)cc(Cl)c2CCN1C(=O)c1cccc(C(=O)N2CCC(n3cc(C4(F)CN(C(=O)OC(C)(C)C)C4)nn3)CC2)c1. The van der Waals surface area contributed by atoms with E-state index in [4.69, 9.17) is 27.9 Å². The molecule has 3 amide bonds. The second-order valence-corrected chi connectivity index (χ2v) is 14.5. The van der Waals surface area contributed by atoms with Crippen molar-refractivity contribution in [3.8, 4) is 0 Å². The Labute approximate surface area is 283 Å². The Balaban J connectivity index is 1.06. The summed E-state index contributed by atoms with van der Waals surface area (Å²) in [4.78, 5) is 44.5.